The molecule has 1 rings (SSSR count). The summed E-state index contributed by atoms with van der Waals surface area (Å²) in [5.41, 5.74) is 2.45. The predicted octanol–water partition coefficient (Wildman–Crippen LogP) is 2.79. The minimum Gasteiger partial charge on any atom is -0.506 e. The summed E-state index contributed by atoms with van der Waals surface area (Å²) in [7, 11) is 0. The van der Waals surface area contributed by atoms with Gasteiger partial charge in [0.1, 0.15) is 11.5 Å². The highest BCUT2D eigenvalue weighted by molar-refractivity contribution is 6.33. The van der Waals surface area contributed by atoms with E-state index in [0.29, 0.717) is 10.6 Å². The Morgan fingerprint density at radius 1 is 1.50 bits per heavy atom. The van der Waals surface area contributed by atoms with Crippen molar-refractivity contribution in [1.29, 1.82) is 0 Å². The third-order valence-corrected chi connectivity index (χ3v) is 2.73. The van der Waals surface area contributed by atoms with E-state index in [0.717, 1.165) is 11.1 Å². The highest BCUT2D eigenvalue weighted by Gasteiger charge is 2.12. The van der Waals surface area contributed by atoms with Gasteiger partial charge in [-0.05, 0) is 31.9 Å². The van der Waals surface area contributed by atoms with Gasteiger partial charge < -0.3 is 5.11 Å². The number of aryl methyl sites for hydroxylation is 1. The van der Waals surface area contributed by atoms with Gasteiger partial charge in [-0.15, -0.1) is 0 Å². The summed E-state index contributed by atoms with van der Waals surface area (Å²) in [5, 5.41) is 10.0. The molecule has 0 unspecified atom stereocenters. The average molecular weight is 213 g/mol. The van der Waals surface area contributed by atoms with E-state index < -0.39 is 0 Å². The number of carbonyl (C=O) groups excluding carboxylic acids is 1. The monoisotopic (exact) mass is 212 g/mol. The number of aromatic hydroxyl groups is 1. The molecule has 0 radical (unpaired) electrons. The van der Waals surface area contributed by atoms with E-state index >= 15 is 0 Å². The number of halogens is 1. The van der Waals surface area contributed by atoms with E-state index in [4.69, 9.17) is 11.6 Å². The van der Waals surface area contributed by atoms with Crippen LogP contribution in [0.5, 0.6) is 5.75 Å². The first kappa shape index (κ1) is 11.1. The van der Waals surface area contributed by atoms with E-state index in [-0.39, 0.29) is 18.0 Å². The molecule has 0 aliphatic heterocycles. The third kappa shape index (κ3) is 2.07. The van der Waals surface area contributed by atoms with Crippen molar-refractivity contribution in [3.63, 3.8) is 0 Å². The van der Waals surface area contributed by atoms with Gasteiger partial charge in [0.2, 0.25) is 0 Å². The Balaban J connectivity index is 3.25. The van der Waals surface area contributed by atoms with Crippen molar-refractivity contribution in [2.75, 3.05) is 0 Å². The number of rotatable bonds is 2. The van der Waals surface area contributed by atoms with Gasteiger partial charge in [0.15, 0.2) is 0 Å². The van der Waals surface area contributed by atoms with Crippen molar-refractivity contribution < 1.29 is 9.90 Å². The van der Waals surface area contributed by atoms with E-state index in [1.165, 1.54) is 6.92 Å². The first-order chi connectivity index (χ1) is 6.43. The van der Waals surface area contributed by atoms with Crippen LogP contribution in [-0.2, 0) is 11.2 Å². The first-order valence-electron chi connectivity index (χ1n) is 4.40. The summed E-state index contributed by atoms with van der Waals surface area (Å²) < 4.78 is 0. The molecule has 0 bridgehead atoms. The molecule has 0 aliphatic rings. The van der Waals surface area contributed by atoms with E-state index in [1.54, 1.807) is 6.07 Å². The number of phenolic OH excluding ortho intramolecular Hbond substituents is 1. The molecule has 76 valence electrons. The van der Waals surface area contributed by atoms with Crippen LogP contribution in [0.1, 0.15) is 23.6 Å². The van der Waals surface area contributed by atoms with Crippen LogP contribution in [0, 0.1) is 13.8 Å². The Hall–Kier alpha value is -1.02. The van der Waals surface area contributed by atoms with Crippen LogP contribution in [0.2, 0.25) is 5.02 Å². The van der Waals surface area contributed by atoms with Crippen LogP contribution < -0.4 is 0 Å². The van der Waals surface area contributed by atoms with Crippen LogP contribution >= 0.6 is 11.6 Å². The van der Waals surface area contributed by atoms with Gasteiger partial charge in [0.25, 0.3) is 0 Å². The Kier molecular flexibility index (Phi) is 3.17. The first-order valence-corrected chi connectivity index (χ1v) is 4.78. The summed E-state index contributed by atoms with van der Waals surface area (Å²) in [6, 6.07) is 1.80. The van der Waals surface area contributed by atoms with E-state index in [2.05, 4.69) is 0 Å². The summed E-state index contributed by atoms with van der Waals surface area (Å²) >= 11 is 5.91. The minimum atomic E-state index is 0.0135. The zero-order valence-electron chi connectivity index (χ0n) is 8.52. The highest BCUT2D eigenvalue weighted by Crippen LogP contribution is 2.33. The van der Waals surface area contributed by atoms with Crippen molar-refractivity contribution in [3.8, 4) is 5.75 Å². The normalized spacial score (nSPS) is 10.3. The fourth-order valence-electron chi connectivity index (χ4n) is 1.33. The van der Waals surface area contributed by atoms with Crippen molar-refractivity contribution in [1.82, 2.24) is 0 Å². The molecular weight excluding hydrogens is 200 g/mol. The summed E-state index contributed by atoms with van der Waals surface area (Å²) in [5.74, 6) is 0.0459. The fourth-order valence-corrected chi connectivity index (χ4v) is 1.60. The largest absolute Gasteiger partial charge is 0.506 e. The molecule has 14 heavy (non-hydrogen) atoms. The van der Waals surface area contributed by atoms with Gasteiger partial charge in [-0.1, -0.05) is 17.7 Å². The molecular formula is C11H13ClO2. The van der Waals surface area contributed by atoms with Gasteiger partial charge in [0, 0.05) is 12.0 Å². The average Bonchev–Trinajstić information content (AvgIpc) is 2.10. The fraction of sp³-hybridized carbons (Fsp3) is 0.364. The van der Waals surface area contributed by atoms with Crippen LogP contribution in [0.25, 0.3) is 0 Å². The third-order valence-electron chi connectivity index (χ3n) is 2.26. The second-order valence-corrected chi connectivity index (χ2v) is 3.90. The van der Waals surface area contributed by atoms with Gasteiger partial charge in [-0.25, -0.2) is 0 Å². The Labute approximate surface area is 88.5 Å². The van der Waals surface area contributed by atoms with E-state index in [9.17, 15) is 9.90 Å². The highest BCUT2D eigenvalue weighted by atomic mass is 35.5. The lowest BCUT2D eigenvalue weighted by Gasteiger charge is -2.09. The van der Waals surface area contributed by atoms with Crippen LogP contribution in [0.4, 0.5) is 0 Å². The molecule has 0 heterocycles. The van der Waals surface area contributed by atoms with Crippen molar-refractivity contribution >= 4 is 17.4 Å². The molecule has 0 atom stereocenters. The maximum Gasteiger partial charge on any atom is 0.138 e. The zero-order valence-corrected chi connectivity index (χ0v) is 9.27. The topological polar surface area (TPSA) is 37.3 Å². The molecule has 0 aliphatic carbocycles. The number of hydrogen-bond donors (Lipinski definition) is 1. The molecule has 1 aromatic carbocycles. The molecule has 0 saturated heterocycles. The molecule has 0 fully saturated rings. The lowest BCUT2D eigenvalue weighted by molar-refractivity contribution is -0.116. The van der Waals surface area contributed by atoms with Gasteiger partial charge in [-0.3, -0.25) is 4.79 Å². The van der Waals surface area contributed by atoms with Crippen LogP contribution in [0.15, 0.2) is 6.07 Å². The zero-order chi connectivity index (χ0) is 10.9. The molecule has 0 aromatic heterocycles. The molecule has 1 N–H and O–H groups in total. The van der Waals surface area contributed by atoms with Crippen molar-refractivity contribution in [2.45, 2.75) is 27.2 Å². The van der Waals surface area contributed by atoms with Crippen LogP contribution in [-0.4, -0.2) is 10.9 Å². The van der Waals surface area contributed by atoms with Gasteiger partial charge >= 0.3 is 0 Å². The summed E-state index contributed by atoms with van der Waals surface area (Å²) in [4.78, 5) is 10.9. The number of ketones is 1. The molecule has 1 aromatic rings. The number of benzene rings is 1. The maximum absolute atomic E-state index is 10.9. The maximum atomic E-state index is 10.9. The van der Waals surface area contributed by atoms with Gasteiger partial charge in [-0.2, -0.15) is 0 Å². The SMILES string of the molecule is CC(=O)Cc1cc(C)c(C)c(Cl)c1O. The van der Waals surface area contributed by atoms with Gasteiger partial charge in [0.05, 0.1) is 5.02 Å². The van der Waals surface area contributed by atoms with Crippen molar-refractivity contribution in [3.05, 3.63) is 27.8 Å². The Morgan fingerprint density at radius 3 is 2.57 bits per heavy atom. The van der Waals surface area contributed by atoms with Crippen LogP contribution in [0.3, 0.4) is 0 Å². The minimum absolute atomic E-state index is 0.0135. The number of carbonyl (C=O) groups is 1. The summed E-state index contributed by atoms with van der Waals surface area (Å²) in [6.45, 7) is 5.24. The summed E-state index contributed by atoms with van der Waals surface area (Å²) in [6.07, 6.45) is 0.229. The molecule has 0 spiro atoms. The second-order valence-electron chi connectivity index (χ2n) is 3.52. The van der Waals surface area contributed by atoms with E-state index in [1.807, 2.05) is 13.8 Å². The Bertz CT molecular complexity index is 383. The molecule has 0 amide bonds. The second kappa shape index (κ2) is 4.01. The number of Topliss-reactive ketones (excluding diaryl/α,β-unsaturated/α-hetero) is 1. The standard InChI is InChI=1S/C11H13ClO2/c1-6-4-9(5-7(2)13)11(14)10(12)8(6)3/h4,14H,5H2,1-3H3. The lowest BCUT2D eigenvalue weighted by Crippen LogP contribution is -1.98. The molecule has 0 saturated carbocycles. The number of phenols is 1. The predicted molar refractivity (Wildman–Crippen MR) is 57.0 cm³/mol. The quantitative estimate of drug-likeness (QED) is 0.819. The smallest absolute Gasteiger partial charge is 0.138 e. The lowest BCUT2D eigenvalue weighted by atomic mass is 10.0. The number of hydrogen-bond acceptors (Lipinski definition) is 2. The Morgan fingerprint density at radius 2 is 2.07 bits per heavy atom. The molecule has 2 nitrogen and oxygen atoms in total. The van der Waals surface area contributed by atoms with Crippen molar-refractivity contribution in [2.24, 2.45) is 0 Å². The molecule has 3 heteroatoms.